The summed E-state index contributed by atoms with van der Waals surface area (Å²) in [5.74, 6) is 0. The molecule has 0 aliphatic rings. The van der Waals surface area contributed by atoms with E-state index in [4.69, 9.17) is 12.2 Å². The molecule has 4 heteroatoms. The van der Waals surface area contributed by atoms with Crippen LogP contribution in [0.5, 0.6) is 0 Å². The summed E-state index contributed by atoms with van der Waals surface area (Å²) in [4.78, 5) is 3.69. The van der Waals surface area contributed by atoms with Crippen LogP contribution in [-0.2, 0) is 19.5 Å². The lowest BCUT2D eigenvalue weighted by Gasteiger charge is -2.32. The predicted octanol–water partition coefficient (Wildman–Crippen LogP) is 5.26. The van der Waals surface area contributed by atoms with E-state index in [1.54, 1.807) is 11.3 Å². The van der Waals surface area contributed by atoms with Crippen molar-refractivity contribution in [1.82, 2.24) is 10.2 Å². The molecule has 0 saturated carbocycles. The van der Waals surface area contributed by atoms with Crippen LogP contribution in [0.25, 0.3) is 0 Å². The van der Waals surface area contributed by atoms with E-state index in [-0.39, 0.29) is 0 Å². The van der Waals surface area contributed by atoms with Crippen LogP contribution in [0.15, 0.2) is 78.2 Å². The molecule has 1 atom stereocenters. The average Bonchev–Trinajstić information content (AvgIpc) is 3.19. The van der Waals surface area contributed by atoms with Crippen LogP contribution < -0.4 is 5.32 Å². The van der Waals surface area contributed by atoms with Gasteiger partial charge in [-0.2, -0.15) is 0 Å². The molecule has 1 heterocycles. The van der Waals surface area contributed by atoms with Crippen molar-refractivity contribution >= 4 is 28.7 Å². The maximum absolute atomic E-state index is 5.76. The molecule has 0 radical (unpaired) electrons. The van der Waals surface area contributed by atoms with Crippen LogP contribution in [0.3, 0.4) is 0 Å². The molecule has 3 rings (SSSR count). The lowest BCUT2D eigenvalue weighted by Crippen LogP contribution is -2.44. The normalized spacial score (nSPS) is 11.7. The van der Waals surface area contributed by atoms with Crippen LogP contribution in [-0.4, -0.2) is 16.1 Å². The second kappa shape index (κ2) is 9.51. The molecule has 2 nitrogen and oxygen atoms in total. The van der Waals surface area contributed by atoms with Gasteiger partial charge in [-0.15, -0.1) is 11.3 Å². The van der Waals surface area contributed by atoms with E-state index >= 15 is 0 Å². The van der Waals surface area contributed by atoms with Gasteiger partial charge < -0.3 is 10.2 Å². The van der Waals surface area contributed by atoms with Gasteiger partial charge >= 0.3 is 0 Å². The first-order valence-corrected chi connectivity index (χ1v) is 10.2. The molecule has 134 valence electrons. The molecular formula is C22H24N2S2. The summed E-state index contributed by atoms with van der Waals surface area (Å²) < 4.78 is 0. The van der Waals surface area contributed by atoms with Crippen molar-refractivity contribution in [3.63, 3.8) is 0 Å². The Labute approximate surface area is 165 Å². The minimum Gasteiger partial charge on any atom is -0.358 e. The van der Waals surface area contributed by atoms with Crippen LogP contribution in [0.2, 0.25) is 0 Å². The largest absolute Gasteiger partial charge is 0.358 e. The highest BCUT2D eigenvalue weighted by molar-refractivity contribution is 7.80. The molecule has 26 heavy (non-hydrogen) atoms. The third-order valence-corrected chi connectivity index (χ3v) is 5.63. The molecular weight excluding hydrogens is 356 g/mol. The summed E-state index contributed by atoms with van der Waals surface area (Å²) >= 11 is 7.57. The van der Waals surface area contributed by atoms with Gasteiger partial charge in [-0.1, -0.05) is 66.7 Å². The van der Waals surface area contributed by atoms with Crippen LogP contribution in [0.1, 0.15) is 22.9 Å². The Bertz CT molecular complexity index is 786. The molecule has 0 unspecified atom stereocenters. The fraction of sp³-hybridized carbons (Fsp3) is 0.227. The summed E-state index contributed by atoms with van der Waals surface area (Å²) in [6, 6.07) is 25.5. The first-order chi connectivity index (χ1) is 12.7. The van der Waals surface area contributed by atoms with Gasteiger partial charge in [0.1, 0.15) is 0 Å². The Morgan fingerprint density at radius 2 is 1.62 bits per heavy atom. The van der Waals surface area contributed by atoms with E-state index in [2.05, 4.69) is 89.3 Å². The van der Waals surface area contributed by atoms with E-state index in [0.29, 0.717) is 6.04 Å². The Morgan fingerprint density at radius 1 is 0.962 bits per heavy atom. The zero-order chi connectivity index (χ0) is 18.2. The number of nitrogens with one attached hydrogen (secondary N) is 1. The molecule has 0 bridgehead atoms. The lowest BCUT2D eigenvalue weighted by atomic mass is 10.1. The minimum absolute atomic E-state index is 0.324. The van der Waals surface area contributed by atoms with Crippen molar-refractivity contribution in [3.05, 3.63) is 94.2 Å². The Morgan fingerprint density at radius 3 is 2.23 bits per heavy atom. The van der Waals surface area contributed by atoms with Crippen molar-refractivity contribution < 1.29 is 0 Å². The van der Waals surface area contributed by atoms with Gasteiger partial charge in [0.05, 0.1) is 0 Å². The van der Waals surface area contributed by atoms with Crippen LogP contribution >= 0.6 is 23.6 Å². The standard InChI is InChI=1S/C22H24N2S2/c1-18(15-21-13-8-14-26-21)24(17-20-11-6-3-7-12-20)22(25)23-16-19-9-4-2-5-10-19/h2-14,18H,15-17H2,1H3,(H,23,25)/t18-/m1/s1. The molecule has 0 spiro atoms. The second-order valence-corrected chi connectivity index (χ2v) is 7.81. The molecule has 1 N–H and O–H groups in total. The zero-order valence-electron chi connectivity index (χ0n) is 15.0. The quantitative estimate of drug-likeness (QED) is 0.563. The molecule has 0 aliphatic heterocycles. The fourth-order valence-electron chi connectivity index (χ4n) is 2.91. The molecule has 0 aliphatic carbocycles. The molecule has 0 fully saturated rings. The van der Waals surface area contributed by atoms with Crippen molar-refractivity contribution in [1.29, 1.82) is 0 Å². The summed E-state index contributed by atoms with van der Waals surface area (Å²) in [6.45, 7) is 3.81. The predicted molar refractivity (Wildman–Crippen MR) is 115 cm³/mol. The van der Waals surface area contributed by atoms with Crippen LogP contribution in [0, 0.1) is 0 Å². The van der Waals surface area contributed by atoms with E-state index in [1.165, 1.54) is 16.0 Å². The third kappa shape index (κ3) is 5.41. The van der Waals surface area contributed by atoms with Crippen molar-refractivity contribution in [3.8, 4) is 0 Å². The lowest BCUT2D eigenvalue weighted by molar-refractivity contribution is 0.317. The summed E-state index contributed by atoms with van der Waals surface area (Å²) in [5.41, 5.74) is 2.51. The molecule has 3 aromatic rings. The van der Waals surface area contributed by atoms with E-state index in [9.17, 15) is 0 Å². The molecule has 0 amide bonds. The average molecular weight is 381 g/mol. The number of thiophene rings is 1. The van der Waals surface area contributed by atoms with E-state index in [0.717, 1.165) is 24.6 Å². The Kier molecular flexibility index (Phi) is 6.81. The highest BCUT2D eigenvalue weighted by atomic mass is 32.1. The topological polar surface area (TPSA) is 15.3 Å². The molecule has 0 saturated heterocycles. The number of benzene rings is 2. The summed E-state index contributed by atoms with van der Waals surface area (Å²) in [5, 5.41) is 6.38. The van der Waals surface area contributed by atoms with E-state index < -0.39 is 0 Å². The van der Waals surface area contributed by atoms with Gasteiger partial charge in [-0.05, 0) is 41.7 Å². The Balaban J connectivity index is 1.69. The van der Waals surface area contributed by atoms with Gasteiger partial charge in [-0.25, -0.2) is 0 Å². The monoisotopic (exact) mass is 380 g/mol. The number of hydrogen-bond donors (Lipinski definition) is 1. The summed E-state index contributed by atoms with van der Waals surface area (Å²) in [7, 11) is 0. The van der Waals surface area contributed by atoms with Gasteiger partial charge in [0, 0.05) is 30.4 Å². The minimum atomic E-state index is 0.324. The second-order valence-electron chi connectivity index (χ2n) is 6.39. The van der Waals surface area contributed by atoms with Gasteiger partial charge in [0.2, 0.25) is 0 Å². The number of hydrogen-bond acceptors (Lipinski definition) is 2. The number of thiocarbonyl (C=S) groups is 1. The van der Waals surface area contributed by atoms with Crippen molar-refractivity contribution in [2.45, 2.75) is 32.5 Å². The first-order valence-electron chi connectivity index (χ1n) is 8.87. The highest BCUT2D eigenvalue weighted by Gasteiger charge is 2.18. The highest BCUT2D eigenvalue weighted by Crippen LogP contribution is 2.17. The fourth-order valence-corrected chi connectivity index (χ4v) is 4.06. The number of nitrogens with zero attached hydrogens (tertiary/aromatic N) is 1. The zero-order valence-corrected chi connectivity index (χ0v) is 16.6. The third-order valence-electron chi connectivity index (χ3n) is 4.35. The van der Waals surface area contributed by atoms with Gasteiger partial charge in [0.25, 0.3) is 0 Å². The first kappa shape index (κ1) is 18.6. The van der Waals surface area contributed by atoms with E-state index in [1.807, 2.05) is 6.07 Å². The van der Waals surface area contributed by atoms with Gasteiger partial charge in [0.15, 0.2) is 5.11 Å². The maximum Gasteiger partial charge on any atom is 0.169 e. The molecule has 2 aromatic carbocycles. The smallest absolute Gasteiger partial charge is 0.169 e. The van der Waals surface area contributed by atoms with Crippen LogP contribution in [0.4, 0.5) is 0 Å². The Hall–Kier alpha value is -2.17. The summed E-state index contributed by atoms with van der Waals surface area (Å²) in [6.07, 6.45) is 0.998. The number of rotatable bonds is 7. The van der Waals surface area contributed by atoms with Crippen molar-refractivity contribution in [2.75, 3.05) is 0 Å². The van der Waals surface area contributed by atoms with Crippen molar-refractivity contribution in [2.24, 2.45) is 0 Å². The maximum atomic E-state index is 5.76. The van der Waals surface area contributed by atoms with Gasteiger partial charge in [-0.3, -0.25) is 0 Å². The SMILES string of the molecule is C[C@H](Cc1cccs1)N(Cc1ccccc1)C(=S)NCc1ccccc1. The molecule has 1 aromatic heterocycles.